The van der Waals surface area contributed by atoms with Gasteiger partial charge in [-0.25, -0.2) is 4.31 Å². The lowest BCUT2D eigenvalue weighted by Gasteiger charge is -2.32. The monoisotopic (exact) mass is 205 g/mol. The highest BCUT2D eigenvalue weighted by atomic mass is 32.2. The van der Waals surface area contributed by atoms with Crippen LogP contribution in [-0.4, -0.2) is 58.9 Å². The van der Waals surface area contributed by atoms with Gasteiger partial charge in [0.25, 0.3) is 5.24 Å². The van der Waals surface area contributed by atoms with Gasteiger partial charge in [0.1, 0.15) is 0 Å². The van der Waals surface area contributed by atoms with E-state index in [1.807, 2.05) is 4.31 Å². The Morgan fingerprint density at radius 2 is 2.00 bits per heavy atom. The third kappa shape index (κ3) is 3.95. The number of primary amides is 1. The summed E-state index contributed by atoms with van der Waals surface area (Å²) in [5.41, 5.74) is 5.05. The number of amides is 1. The fourth-order valence-electron chi connectivity index (χ4n) is 1.31. The van der Waals surface area contributed by atoms with Crippen LogP contribution in [0.4, 0.5) is 4.79 Å². The van der Waals surface area contributed by atoms with E-state index in [4.69, 9.17) is 10.8 Å². The normalized spacial score (nSPS) is 20.4. The van der Waals surface area contributed by atoms with E-state index in [0.717, 1.165) is 44.7 Å². The van der Waals surface area contributed by atoms with Crippen LogP contribution in [0.25, 0.3) is 0 Å². The molecule has 0 radical (unpaired) electrons. The van der Waals surface area contributed by atoms with Crippen molar-refractivity contribution in [1.82, 2.24) is 9.21 Å². The number of aliphatic hydroxyl groups is 1. The molecule has 0 aromatic carbocycles. The summed E-state index contributed by atoms with van der Waals surface area (Å²) in [6.45, 7) is 4.35. The van der Waals surface area contributed by atoms with Crippen molar-refractivity contribution in [2.24, 2.45) is 5.73 Å². The summed E-state index contributed by atoms with van der Waals surface area (Å²) < 4.78 is 1.95. The van der Waals surface area contributed by atoms with E-state index in [1.165, 1.54) is 0 Å². The van der Waals surface area contributed by atoms with Crippen molar-refractivity contribution >= 4 is 17.2 Å². The average Bonchev–Trinajstić information content (AvgIpc) is 2.08. The molecule has 1 aliphatic heterocycles. The SMILES string of the molecule is NC(=O)SN1CCN(CCO)CC1. The lowest BCUT2D eigenvalue weighted by atomic mass is 10.4. The van der Waals surface area contributed by atoms with Gasteiger partial charge >= 0.3 is 0 Å². The van der Waals surface area contributed by atoms with Crippen molar-refractivity contribution < 1.29 is 9.90 Å². The minimum absolute atomic E-state index is 0.197. The first-order chi connectivity index (χ1) is 6.22. The van der Waals surface area contributed by atoms with Crippen LogP contribution in [0.3, 0.4) is 0 Å². The topological polar surface area (TPSA) is 69.8 Å². The highest BCUT2D eigenvalue weighted by molar-refractivity contribution is 8.11. The van der Waals surface area contributed by atoms with Crippen LogP contribution < -0.4 is 5.73 Å². The minimum atomic E-state index is -0.351. The Bertz CT molecular complexity index is 171. The van der Waals surface area contributed by atoms with E-state index < -0.39 is 0 Å². The van der Waals surface area contributed by atoms with Gasteiger partial charge in [0.15, 0.2) is 0 Å². The fraction of sp³-hybridized carbons (Fsp3) is 0.857. The highest BCUT2D eigenvalue weighted by Crippen LogP contribution is 2.12. The molecule has 0 aromatic heterocycles. The maximum Gasteiger partial charge on any atom is 0.291 e. The number of nitrogens with two attached hydrogens (primary N) is 1. The van der Waals surface area contributed by atoms with E-state index in [2.05, 4.69) is 4.90 Å². The van der Waals surface area contributed by atoms with E-state index in [-0.39, 0.29) is 11.8 Å². The second kappa shape index (κ2) is 5.43. The summed E-state index contributed by atoms with van der Waals surface area (Å²) in [7, 11) is 0. The zero-order valence-corrected chi connectivity index (χ0v) is 8.29. The van der Waals surface area contributed by atoms with Crippen LogP contribution >= 0.6 is 11.9 Å². The fourth-order valence-corrected chi connectivity index (χ4v) is 1.91. The quantitative estimate of drug-likeness (QED) is 0.598. The van der Waals surface area contributed by atoms with Gasteiger partial charge in [-0.1, -0.05) is 0 Å². The summed E-state index contributed by atoms with van der Waals surface area (Å²) in [5.74, 6) is 0. The van der Waals surface area contributed by atoms with Crippen LogP contribution in [0, 0.1) is 0 Å². The molecule has 1 saturated heterocycles. The van der Waals surface area contributed by atoms with Crippen molar-refractivity contribution in [2.45, 2.75) is 0 Å². The Balaban J connectivity index is 2.18. The number of hydrogen-bond acceptors (Lipinski definition) is 5. The van der Waals surface area contributed by atoms with Crippen LogP contribution in [0.5, 0.6) is 0 Å². The Hall–Kier alpha value is -0.300. The Morgan fingerprint density at radius 1 is 1.38 bits per heavy atom. The van der Waals surface area contributed by atoms with Crippen molar-refractivity contribution in [3.63, 3.8) is 0 Å². The van der Waals surface area contributed by atoms with Crippen molar-refractivity contribution in [3.8, 4) is 0 Å². The molecule has 1 rings (SSSR count). The van der Waals surface area contributed by atoms with Gasteiger partial charge in [-0.3, -0.25) is 9.69 Å². The maximum atomic E-state index is 10.6. The molecule has 3 N–H and O–H groups in total. The number of β-amino-alcohol motifs (C(OH)–C–C–N with tert-alkyl or cyclic N) is 1. The predicted octanol–water partition coefficient (Wildman–Crippen LogP) is -0.677. The molecular formula is C7H15N3O2S. The summed E-state index contributed by atoms with van der Waals surface area (Å²) in [6.07, 6.45) is 0. The van der Waals surface area contributed by atoms with Gasteiger partial charge in [0.05, 0.1) is 6.61 Å². The van der Waals surface area contributed by atoms with Crippen molar-refractivity contribution in [3.05, 3.63) is 0 Å². The number of hydrogen-bond donors (Lipinski definition) is 2. The highest BCUT2D eigenvalue weighted by Gasteiger charge is 2.17. The maximum absolute atomic E-state index is 10.6. The van der Waals surface area contributed by atoms with Crippen molar-refractivity contribution in [2.75, 3.05) is 39.3 Å². The van der Waals surface area contributed by atoms with Crippen LogP contribution in [-0.2, 0) is 0 Å². The molecule has 1 heterocycles. The van der Waals surface area contributed by atoms with E-state index in [1.54, 1.807) is 0 Å². The molecule has 0 saturated carbocycles. The van der Waals surface area contributed by atoms with Crippen molar-refractivity contribution in [1.29, 1.82) is 0 Å². The van der Waals surface area contributed by atoms with E-state index in [0.29, 0.717) is 0 Å². The summed E-state index contributed by atoms with van der Waals surface area (Å²) >= 11 is 1.08. The first kappa shape index (κ1) is 10.8. The molecule has 1 aliphatic rings. The molecule has 6 heteroatoms. The summed E-state index contributed by atoms with van der Waals surface area (Å²) in [5, 5.41) is 8.34. The molecular weight excluding hydrogens is 190 g/mol. The Kier molecular flexibility index (Phi) is 4.51. The average molecular weight is 205 g/mol. The second-order valence-electron chi connectivity index (χ2n) is 2.90. The molecule has 76 valence electrons. The molecule has 0 unspecified atom stereocenters. The molecule has 1 fully saturated rings. The molecule has 0 aliphatic carbocycles. The minimum Gasteiger partial charge on any atom is -0.395 e. The largest absolute Gasteiger partial charge is 0.395 e. The lowest BCUT2D eigenvalue weighted by Crippen LogP contribution is -2.45. The molecule has 1 amide bonds. The Morgan fingerprint density at radius 3 is 2.46 bits per heavy atom. The number of piperazine rings is 1. The summed E-state index contributed by atoms with van der Waals surface area (Å²) in [6, 6.07) is 0. The molecule has 13 heavy (non-hydrogen) atoms. The van der Waals surface area contributed by atoms with Crippen LogP contribution in [0.1, 0.15) is 0 Å². The van der Waals surface area contributed by atoms with Crippen LogP contribution in [0.15, 0.2) is 0 Å². The molecule has 0 atom stereocenters. The number of aliphatic hydroxyl groups excluding tert-OH is 1. The van der Waals surface area contributed by atoms with Gasteiger partial charge in [0, 0.05) is 44.7 Å². The van der Waals surface area contributed by atoms with Gasteiger partial charge < -0.3 is 10.8 Å². The number of nitrogens with zero attached hydrogens (tertiary/aromatic N) is 2. The van der Waals surface area contributed by atoms with Crippen LogP contribution in [0.2, 0.25) is 0 Å². The molecule has 0 aromatic rings. The van der Waals surface area contributed by atoms with E-state index >= 15 is 0 Å². The van der Waals surface area contributed by atoms with Gasteiger partial charge in [-0.2, -0.15) is 0 Å². The zero-order valence-electron chi connectivity index (χ0n) is 7.48. The molecule has 0 spiro atoms. The lowest BCUT2D eigenvalue weighted by molar-refractivity contribution is 0.156. The van der Waals surface area contributed by atoms with Gasteiger partial charge in [0.2, 0.25) is 0 Å². The summed E-state index contributed by atoms with van der Waals surface area (Å²) in [4.78, 5) is 12.7. The third-order valence-electron chi connectivity index (χ3n) is 1.97. The molecule has 0 bridgehead atoms. The number of carbonyl (C=O) groups is 1. The van der Waals surface area contributed by atoms with Gasteiger partial charge in [-0.05, 0) is 0 Å². The molecule has 5 nitrogen and oxygen atoms in total. The van der Waals surface area contributed by atoms with E-state index in [9.17, 15) is 4.79 Å². The first-order valence-corrected chi connectivity index (χ1v) is 5.05. The predicted molar refractivity (Wildman–Crippen MR) is 52.3 cm³/mol. The standard InChI is InChI=1S/C7H15N3O2S/c8-7(12)13-10-3-1-9(2-4-10)5-6-11/h11H,1-6H2,(H2,8,12). The third-order valence-corrected chi connectivity index (χ3v) is 2.77. The smallest absolute Gasteiger partial charge is 0.291 e. The number of rotatable bonds is 3. The second-order valence-corrected chi connectivity index (χ2v) is 4.01. The Labute approximate surface area is 82.0 Å². The number of carbonyl (C=O) groups excluding carboxylic acids is 1. The zero-order chi connectivity index (χ0) is 9.68. The first-order valence-electron chi connectivity index (χ1n) is 4.28. The van der Waals surface area contributed by atoms with Gasteiger partial charge in [-0.15, -0.1) is 0 Å².